The van der Waals surface area contributed by atoms with E-state index in [1.807, 2.05) is 0 Å². The normalized spacial score (nSPS) is 10.7. The van der Waals surface area contributed by atoms with Crippen LogP contribution in [0, 0.1) is 0 Å². The Morgan fingerprint density at radius 2 is 1.58 bits per heavy atom. The van der Waals surface area contributed by atoms with E-state index in [4.69, 9.17) is 10.1 Å². The quantitative estimate of drug-likeness (QED) is 0.682. The molecule has 3 aromatic rings. The highest BCUT2D eigenvalue weighted by Crippen LogP contribution is 2.30. The van der Waals surface area contributed by atoms with E-state index < -0.39 is 5.97 Å². The van der Waals surface area contributed by atoms with Gasteiger partial charge in [0.2, 0.25) is 0 Å². The number of unbranched alkanes of at least 4 members (excludes halogenated alkanes) is 1. The average Bonchev–Trinajstić information content (AvgIpc) is 2.67. The minimum absolute atomic E-state index is 0.189. The Labute approximate surface area is 152 Å². The van der Waals surface area contributed by atoms with E-state index in [0.717, 1.165) is 36.1 Å². The molecule has 132 valence electrons. The molecule has 2 N–H and O–H groups in total. The van der Waals surface area contributed by atoms with Crippen LogP contribution in [-0.4, -0.2) is 26.2 Å². The monoisotopic (exact) mass is 348 g/mol. The number of hydrogen-bond acceptors (Lipinski definition) is 4. The summed E-state index contributed by atoms with van der Waals surface area (Å²) in [4.78, 5) is 20.5. The molecule has 0 aliphatic carbocycles. The Kier molecular flexibility index (Phi) is 5.27. The fourth-order valence-corrected chi connectivity index (χ4v) is 2.71. The van der Waals surface area contributed by atoms with Crippen molar-refractivity contribution in [3.05, 3.63) is 66.0 Å². The lowest BCUT2D eigenvalue weighted by Gasteiger charge is -2.11. The molecule has 5 nitrogen and oxygen atoms in total. The largest absolute Gasteiger partial charge is 0.508 e. The topological polar surface area (TPSA) is 83.3 Å². The maximum absolute atomic E-state index is 11.1. The molecule has 0 saturated carbocycles. The van der Waals surface area contributed by atoms with Gasteiger partial charge in [-0.2, -0.15) is 0 Å². The van der Waals surface area contributed by atoms with Crippen molar-refractivity contribution in [1.29, 1.82) is 0 Å². The molecular formula is C21H20N2O3. The molecule has 0 spiro atoms. The number of aromatic carboxylic acids is 1. The van der Waals surface area contributed by atoms with Crippen LogP contribution in [0.25, 0.3) is 22.5 Å². The van der Waals surface area contributed by atoms with Crippen molar-refractivity contribution in [3.8, 4) is 28.3 Å². The van der Waals surface area contributed by atoms with Gasteiger partial charge in [-0.05, 0) is 49.2 Å². The highest BCUT2D eigenvalue weighted by Gasteiger charge is 2.13. The number of aryl methyl sites for hydroxylation is 1. The van der Waals surface area contributed by atoms with E-state index >= 15 is 0 Å². The number of carboxylic acid groups (broad SMARTS) is 1. The Hall–Kier alpha value is -3.21. The molecule has 0 amide bonds. The molecule has 1 heterocycles. The van der Waals surface area contributed by atoms with Gasteiger partial charge in [0, 0.05) is 17.3 Å². The molecule has 0 aliphatic heterocycles. The second kappa shape index (κ2) is 7.78. The van der Waals surface area contributed by atoms with Crippen LogP contribution in [0.3, 0.4) is 0 Å². The molecule has 0 saturated heterocycles. The Morgan fingerprint density at radius 1 is 0.962 bits per heavy atom. The number of nitrogens with zero attached hydrogens (tertiary/aromatic N) is 2. The SMILES string of the molecule is CCCCc1cnc(-c2ccc(O)cc2)c(-c2ccc(C(=O)O)cc2)n1. The third-order valence-electron chi connectivity index (χ3n) is 4.15. The Bertz CT molecular complexity index is 904. The minimum Gasteiger partial charge on any atom is -0.508 e. The molecule has 0 aliphatic rings. The van der Waals surface area contributed by atoms with Gasteiger partial charge in [0.25, 0.3) is 0 Å². The van der Waals surface area contributed by atoms with Gasteiger partial charge in [0.15, 0.2) is 0 Å². The van der Waals surface area contributed by atoms with E-state index in [1.165, 1.54) is 0 Å². The summed E-state index contributed by atoms with van der Waals surface area (Å²) in [5, 5.41) is 18.6. The summed E-state index contributed by atoms with van der Waals surface area (Å²) in [6.07, 6.45) is 4.74. The lowest BCUT2D eigenvalue weighted by atomic mass is 10.0. The number of phenolic OH excluding ortho intramolecular Hbond substituents is 1. The first-order valence-corrected chi connectivity index (χ1v) is 8.57. The molecule has 3 rings (SSSR count). The van der Waals surface area contributed by atoms with E-state index in [1.54, 1.807) is 54.7 Å². The summed E-state index contributed by atoms with van der Waals surface area (Å²) < 4.78 is 0. The maximum Gasteiger partial charge on any atom is 0.335 e. The zero-order chi connectivity index (χ0) is 18.5. The van der Waals surface area contributed by atoms with Crippen molar-refractivity contribution >= 4 is 5.97 Å². The first-order valence-electron chi connectivity index (χ1n) is 8.57. The highest BCUT2D eigenvalue weighted by molar-refractivity contribution is 5.88. The molecule has 2 aromatic carbocycles. The van der Waals surface area contributed by atoms with Crippen LogP contribution >= 0.6 is 0 Å². The molecule has 0 atom stereocenters. The Morgan fingerprint density at radius 3 is 2.19 bits per heavy atom. The smallest absolute Gasteiger partial charge is 0.335 e. The zero-order valence-electron chi connectivity index (χ0n) is 14.5. The van der Waals surface area contributed by atoms with Crippen molar-refractivity contribution < 1.29 is 15.0 Å². The number of rotatable bonds is 6. The summed E-state index contributed by atoms with van der Waals surface area (Å²) >= 11 is 0. The van der Waals surface area contributed by atoms with E-state index in [2.05, 4.69) is 11.9 Å². The summed E-state index contributed by atoms with van der Waals surface area (Å²) in [6.45, 7) is 2.13. The number of aromatic hydroxyl groups is 1. The standard InChI is InChI=1S/C21H20N2O3/c1-2-3-4-17-13-22-19(14-9-11-18(24)12-10-14)20(23-17)15-5-7-16(8-6-15)21(25)26/h5-13,24H,2-4H2,1H3,(H,25,26). The number of hydrogen-bond donors (Lipinski definition) is 2. The van der Waals surface area contributed by atoms with E-state index in [0.29, 0.717) is 11.4 Å². The van der Waals surface area contributed by atoms with Gasteiger partial charge in [-0.3, -0.25) is 4.98 Å². The number of phenols is 1. The van der Waals surface area contributed by atoms with E-state index in [9.17, 15) is 9.90 Å². The molecule has 0 unspecified atom stereocenters. The van der Waals surface area contributed by atoms with Crippen LogP contribution in [0.15, 0.2) is 54.7 Å². The molecule has 1 aromatic heterocycles. The predicted molar refractivity (Wildman–Crippen MR) is 100 cm³/mol. The van der Waals surface area contributed by atoms with Crippen LogP contribution in [0.1, 0.15) is 35.8 Å². The van der Waals surface area contributed by atoms with Gasteiger partial charge >= 0.3 is 5.97 Å². The van der Waals surface area contributed by atoms with Crippen molar-refractivity contribution in [2.75, 3.05) is 0 Å². The number of benzene rings is 2. The zero-order valence-corrected chi connectivity index (χ0v) is 14.5. The second-order valence-corrected chi connectivity index (χ2v) is 6.09. The fraction of sp³-hybridized carbons (Fsp3) is 0.190. The fourth-order valence-electron chi connectivity index (χ4n) is 2.71. The van der Waals surface area contributed by atoms with Crippen LogP contribution in [0.4, 0.5) is 0 Å². The van der Waals surface area contributed by atoms with Crippen LogP contribution in [0.5, 0.6) is 5.75 Å². The van der Waals surface area contributed by atoms with Crippen molar-refractivity contribution in [2.24, 2.45) is 0 Å². The van der Waals surface area contributed by atoms with Crippen LogP contribution in [0.2, 0.25) is 0 Å². The van der Waals surface area contributed by atoms with E-state index in [-0.39, 0.29) is 11.3 Å². The maximum atomic E-state index is 11.1. The van der Waals surface area contributed by atoms with Crippen molar-refractivity contribution in [2.45, 2.75) is 26.2 Å². The van der Waals surface area contributed by atoms with Gasteiger partial charge in [-0.25, -0.2) is 9.78 Å². The lowest BCUT2D eigenvalue weighted by molar-refractivity contribution is 0.0697. The minimum atomic E-state index is -0.960. The average molecular weight is 348 g/mol. The van der Waals surface area contributed by atoms with Crippen molar-refractivity contribution in [1.82, 2.24) is 9.97 Å². The summed E-state index contributed by atoms with van der Waals surface area (Å²) in [5.74, 6) is -0.772. The molecule has 5 heteroatoms. The van der Waals surface area contributed by atoms with Gasteiger partial charge in [-0.15, -0.1) is 0 Å². The third-order valence-corrected chi connectivity index (χ3v) is 4.15. The number of aromatic nitrogens is 2. The first-order chi connectivity index (χ1) is 12.6. The van der Waals surface area contributed by atoms with Crippen LogP contribution in [-0.2, 0) is 6.42 Å². The number of carboxylic acids is 1. The molecule has 0 bridgehead atoms. The molecule has 0 radical (unpaired) electrons. The third kappa shape index (κ3) is 3.88. The highest BCUT2D eigenvalue weighted by atomic mass is 16.4. The number of carbonyl (C=O) groups is 1. The van der Waals surface area contributed by atoms with Crippen molar-refractivity contribution in [3.63, 3.8) is 0 Å². The lowest BCUT2D eigenvalue weighted by Crippen LogP contribution is -2.00. The second-order valence-electron chi connectivity index (χ2n) is 6.09. The Balaban J connectivity index is 2.08. The van der Waals surface area contributed by atoms with Gasteiger partial charge in [0.05, 0.1) is 22.6 Å². The summed E-state index contributed by atoms with van der Waals surface area (Å²) in [5.41, 5.74) is 4.20. The molecule has 0 fully saturated rings. The molecule has 26 heavy (non-hydrogen) atoms. The van der Waals surface area contributed by atoms with Crippen LogP contribution < -0.4 is 0 Å². The van der Waals surface area contributed by atoms with Gasteiger partial charge in [0.1, 0.15) is 5.75 Å². The summed E-state index contributed by atoms with van der Waals surface area (Å²) in [6, 6.07) is 13.4. The summed E-state index contributed by atoms with van der Waals surface area (Å²) in [7, 11) is 0. The molecular weight excluding hydrogens is 328 g/mol. The van der Waals surface area contributed by atoms with Gasteiger partial charge in [-0.1, -0.05) is 25.5 Å². The van der Waals surface area contributed by atoms with Gasteiger partial charge < -0.3 is 10.2 Å². The first kappa shape index (κ1) is 17.6. The predicted octanol–water partition coefficient (Wildman–Crippen LogP) is 4.56.